The standard InChI is InChI=1S/C30H38N6O6/c1-19(10-6-7-15-31-28(40)42-30(2,3)4)36-24-22(13-9-14-23(24)35-17-16-34(5)29(35)41)32-27(36)33-25(37)20-11-8-12-21(18-20)26(38)39/h8-9,11-14,18-19H,6-7,10,15-17H2,1-5H3,(H,31,40)(H,38,39)(H,32,33,37). The Morgan fingerprint density at radius 2 is 1.79 bits per heavy atom. The number of carbonyl (C=O) groups is 4. The van der Waals surface area contributed by atoms with Gasteiger partial charge < -0.3 is 24.6 Å². The first-order valence-electron chi connectivity index (χ1n) is 14.0. The molecule has 1 aliphatic heterocycles. The van der Waals surface area contributed by atoms with E-state index in [1.165, 1.54) is 18.2 Å². The summed E-state index contributed by atoms with van der Waals surface area (Å²) in [6.07, 6.45) is 1.71. The molecule has 3 aromatic rings. The largest absolute Gasteiger partial charge is 0.478 e. The van der Waals surface area contributed by atoms with Crippen molar-refractivity contribution in [3.05, 3.63) is 53.6 Å². The maximum atomic E-state index is 13.3. The van der Waals surface area contributed by atoms with Gasteiger partial charge in [-0.05, 0) is 77.3 Å². The fraction of sp³-hybridized carbons (Fsp3) is 0.433. The lowest BCUT2D eigenvalue weighted by Gasteiger charge is -2.22. The first-order chi connectivity index (χ1) is 19.9. The lowest BCUT2D eigenvalue weighted by Crippen LogP contribution is -2.33. The van der Waals surface area contributed by atoms with Gasteiger partial charge in [0.15, 0.2) is 0 Å². The van der Waals surface area contributed by atoms with E-state index >= 15 is 0 Å². The van der Waals surface area contributed by atoms with Crippen LogP contribution in [0, 0.1) is 0 Å². The van der Waals surface area contributed by atoms with Crippen LogP contribution in [0.2, 0.25) is 0 Å². The van der Waals surface area contributed by atoms with Crippen LogP contribution in [0.25, 0.3) is 11.0 Å². The van der Waals surface area contributed by atoms with Crippen LogP contribution in [0.3, 0.4) is 0 Å². The third-order valence-corrected chi connectivity index (χ3v) is 6.95. The zero-order valence-electron chi connectivity index (χ0n) is 24.6. The summed E-state index contributed by atoms with van der Waals surface area (Å²) in [5.41, 5.74) is 1.65. The Morgan fingerprint density at radius 1 is 1.07 bits per heavy atom. The van der Waals surface area contributed by atoms with E-state index in [-0.39, 0.29) is 23.2 Å². The van der Waals surface area contributed by atoms with Gasteiger partial charge in [0, 0.05) is 38.3 Å². The molecular weight excluding hydrogens is 540 g/mol. The Morgan fingerprint density at radius 3 is 2.45 bits per heavy atom. The molecule has 0 aliphatic carbocycles. The summed E-state index contributed by atoms with van der Waals surface area (Å²) in [6, 6.07) is 11.1. The van der Waals surface area contributed by atoms with Crippen molar-refractivity contribution in [1.82, 2.24) is 19.8 Å². The van der Waals surface area contributed by atoms with Crippen LogP contribution in [0.4, 0.5) is 21.2 Å². The lowest BCUT2D eigenvalue weighted by atomic mass is 10.1. The summed E-state index contributed by atoms with van der Waals surface area (Å²) in [6.45, 7) is 9.01. The van der Waals surface area contributed by atoms with Gasteiger partial charge in [-0.25, -0.2) is 19.4 Å². The number of carboxylic acid groups (broad SMARTS) is 1. The molecule has 1 aliphatic rings. The molecule has 42 heavy (non-hydrogen) atoms. The average molecular weight is 579 g/mol. The first kappa shape index (κ1) is 30.4. The van der Waals surface area contributed by atoms with Crippen molar-refractivity contribution >= 4 is 46.7 Å². The fourth-order valence-electron chi connectivity index (χ4n) is 4.90. The molecule has 2 aromatic carbocycles. The van der Waals surface area contributed by atoms with Gasteiger partial charge in [-0.1, -0.05) is 12.1 Å². The summed E-state index contributed by atoms with van der Waals surface area (Å²) in [4.78, 5) is 57.7. The van der Waals surface area contributed by atoms with Gasteiger partial charge in [0.25, 0.3) is 5.91 Å². The molecule has 224 valence electrons. The van der Waals surface area contributed by atoms with E-state index in [9.17, 15) is 24.3 Å². The number of aromatic nitrogens is 2. The topological polar surface area (TPSA) is 146 Å². The number of amides is 4. The van der Waals surface area contributed by atoms with Gasteiger partial charge in [-0.2, -0.15) is 0 Å². The van der Waals surface area contributed by atoms with Crippen LogP contribution < -0.4 is 15.5 Å². The molecule has 0 bridgehead atoms. The SMILES string of the molecule is CC(CCCCNC(=O)OC(C)(C)C)n1c(NC(=O)c2cccc(C(=O)O)c2)nc2cccc(N3CCN(C)C3=O)c21. The number of alkyl carbamates (subject to hydrolysis) is 1. The minimum absolute atomic E-state index is 0.00321. The van der Waals surface area contributed by atoms with Crippen molar-refractivity contribution in [2.75, 3.05) is 36.9 Å². The normalized spacial score (nSPS) is 14.3. The molecule has 12 heteroatoms. The highest BCUT2D eigenvalue weighted by Gasteiger charge is 2.30. The summed E-state index contributed by atoms with van der Waals surface area (Å²) >= 11 is 0. The van der Waals surface area contributed by atoms with E-state index in [4.69, 9.17) is 9.72 Å². The number of hydrogen-bond donors (Lipinski definition) is 3. The quantitative estimate of drug-likeness (QED) is 0.283. The molecule has 3 N–H and O–H groups in total. The second-order valence-electron chi connectivity index (χ2n) is 11.4. The Balaban J connectivity index is 1.60. The Bertz CT molecular complexity index is 1490. The molecule has 4 rings (SSSR count). The number of benzene rings is 2. The van der Waals surface area contributed by atoms with Crippen molar-refractivity contribution in [1.29, 1.82) is 0 Å². The third kappa shape index (κ3) is 6.99. The molecule has 4 amide bonds. The van der Waals surface area contributed by atoms with E-state index in [0.717, 1.165) is 11.9 Å². The van der Waals surface area contributed by atoms with Gasteiger partial charge in [0.05, 0.1) is 22.3 Å². The van der Waals surface area contributed by atoms with Gasteiger partial charge in [0.2, 0.25) is 5.95 Å². The third-order valence-electron chi connectivity index (χ3n) is 6.95. The van der Waals surface area contributed by atoms with Gasteiger partial charge in [-0.15, -0.1) is 0 Å². The highest BCUT2D eigenvalue weighted by molar-refractivity contribution is 6.07. The molecule has 1 atom stereocenters. The summed E-state index contributed by atoms with van der Waals surface area (Å²) in [7, 11) is 1.75. The predicted octanol–water partition coefficient (Wildman–Crippen LogP) is 5.11. The number of imidazole rings is 1. The van der Waals surface area contributed by atoms with Crippen LogP contribution >= 0.6 is 0 Å². The number of rotatable bonds is 10. The van der Waals surface area contributed by atoms with E-state index in [0.29, 0.717) is 49.6 Å². The van der Waals surface area contributed by atoms with Crippen LogP contribution in [0.1, 0.15) is 73.7 Å². The Hall–Kier alpha value is -4.61. The van der Waals surface area contributed by atoms with Crippen LogP contribution in [0.5, 0.6) is 0 Å². The van der Waals surface area contributed by atoms with E-state index in [1.807, 2.05) is 50.5 Å². The Kier molecular flexibility index (Phi) is 9.03. The Labute approximate surface area is 244 Å². The van der Waals surface area contributed by atoms with Crippen molar-refractivity contribution < 1.29 is 29.0 Å². The number of para-hydroxylation sites is 1. The lowest BCUT2D eigenvalue weighted by molar-refractivity contribution is 0.0526. The molecular formula is C30H38N6O6. The number of carboxylic acids is 1. The second-order valence-corrected chi connectivity index (χ2v) is 11.4. The summed E-state index contributed by atoms with van der Waals surface area (Å²) in [5, 5.41) is 15.0. The van der Waals surface area contributed by atoms with E-state index in [1.54, 1.807) is 22.9 Å². The fourth-order valence-corrected chi connectivity index (χ4v) is 4.90. The smallest absolute Gasteiger partial charge is 0.407 e. The van der Waals surface area contributed by atoms with Gasteiger partial charge in [0.1, 0.15) is 5.60 Å². The monoisotopic (exact) mass is 578 g/mol. The molecule has 1 unspecified atom stereocenters. The number of anilines is 2. The number of unbranched alkanes of at least 4 members (excludes halogenated alkanes) is 1. The number of fused-ring (bicyclic) bond motifs is 1. The van der Waals surface area contributed by atoms with Crippen molar-refractivity contribution in [3.63, 3.8) is 0 Å². The van der Waals surface area contributed by atoms with Crippen LogP contribution in [-0.2, 0) is 4.74 Å². The van der Waals surface area contributed by atoms with Crippen LogP contribution in [-0.4, -0.2) is 75.8 Å². The molecule has 1 saturated heterocycles. The average Bonchev–Trinajstić information content (AvgIpc) is 3.46. The molecule has 0 spiro atoms. The van der Waals surface area contributed by atoms with Crippen molar-refractivity contribution in [2.24, 2.45) is 0 Å². The number of urea groups is 1. The van der Waals surface area contributed by atoms with Crippen molar-refractivity contribution in [2.45, 2.75) is 58.6 Å². The van der Waals surface area contributed by atoms with Crippen LogP contribution in [0.15, 0.2) is 42.5 Å². The molecule has 0 radical (unpaired) electrons. The minimum atomic E-state index is -1.13. The number of carbonyl (C=O) groups excluding carboxylic acids is 3. The summed E-state index contributed by atoms with van der Waals surface area (Å²) < 4.78 is 7.22. The molecule has 0 saturated carbocycles. The van der Waals surface area contributed by atoms with Crippen molar-refractivity contribution in [3.8, 4) is 0 Å². The minimum Gasteiger partial charge on any atom is -0.478 e. The maximum Gasteiger partial charge on any atom is 0.407 e. The first-order valence-corrected chi connectivity index (χ1v) is 14.0. The number of nitrogens with zero attached hydrogens (tertiary/aromatic N) is 4. The molecule has 2 heterocycles. The highest BCUT2D eigenvalue weighted by Crippen LogP contribution is 2.35. The van der Waals surface area contributed by atoms with Gasteiger partial charge >= 0.3 is 18.1 Å². The van der Waals surface area contributed by atoms with Gasteiger partial charge in [-0.3, -0.25) is 15.0 Å². The maximum absolute atomic E-state index is 13.3. The predicted molar refractivity (Wildman–Crippen MR) is 159 cm³/mol. The number of ether oxygens (including phenoxy) is 1. The zero-order chi connectivity index (χ0) is 30.6. The number of hydrogen-bond acceptors (Lipinski definition) is 6. The summed E-state index contributed by atoms with van der Waals surface area (Å²) in [5.74, 6) is -1.33. The molecule has 12 nitrogen and oxygen atoms in total. The molecule has 1 aromatic heterocycles. The number of likely N-dealkylation sites (N-methyl/N-ethyl adjacent to an activating group) is 1. The number of nitrogens with one attached hydrogen (secondary N) is 2. The molecule has 1 fully saturated rings. The highest BCUT2D eigenvalue weighted by atomic mass is 16.6. The van der Waals surface area contributed by atoms with E-state index < -0.39 is 23.6 Å². The second kappa shape index (κ2) is 12.5. The zero-order valence-corrected chi connectivity index (χ0v) is 24.6. The van der Waals surface area contributed by atoms with E-state index in [2.05, 4.69) is 10.6 Å². The number of aromatic carboxylic acids is 1.